The van der Waals surface area contributed by atoms with Crippen LogP contribution in [-0.4, -0.2) is 81.5 Å². The maximum absolute atomic E-state index is 9.30. The highest BCUT2D eigenvalue weighted by Gasteiger charge is 2.33. The Kier molecular flexibility index (Phi) is 6.94. The third-order valence-electron chi connectivity index (χ3n) is 2.01. The Labute approximate surface area is 87.2 Å². The van der Waals surface area contributed by atoms with Crippen molar-refractivity contribution in [1.82, 2.24) is 0 Å². The van der Waals surface area contributed by atoms with Crippen LogP contribution in [0.2, 0.25) is 0 Å². The number of hydrogen-bond acceptors (Lipinski definition) is 7. The van der Waals surface area contributed by atoms with Crippen molar-refractivity contribution in [3.63, 3.8) is 0 Å². The van der Waals surface area contributed by atoms with Crippen LogP contribution in [0.25, 0.3) is 0 Å². The maximum Gasteiger partial charge on any atom is 0.111 e. The Hall–Kier alpha value is -0.280. The van der Waals surface area contributed by atoms with E-state index < -0.39 is 37.1 Å². The van der Waals surface area contributed by atoms with Crippen LogP contribution in [0, 0.1) is 0 Å². The van der Waals surface area contributed by atoms with Crippen LogP contribution >= 0.6 is 0 Å². The lowest BCUT2D eigenvalue weighted by Gasteiger charge is -2.28. The molecule has 0 aromatic rings. The molecule has 0 saturated heterocycles. The van der Waals surface area contributed by atoms with Gasteiger partial charge in [-0.05, 0) is 0 Å². The van der Waals surface area contributed by atoms with E-state index in [-0.39, 0.29) is 6.61 Å². The summed E-state index contributed by atoms with van der Waals surface area (Å²) in [7, 11) is 1.29. The van der Waals surface area contributed by atoms with Crippen LogP contribution in [-0.2, 0) is 4.74 Å². The summed E-state index contributed by atoms with van der Waals surface area (Å²) in [5.74, 6) is 0. The minimum Gasteiger partial charge on any atom is -0.394 e. The number of aliphatic hydroxyl groups is 6. The molecule has 0 rings (SSSR count). The first kappa shape index (κ1) is 14.7. The molecular formula is C8H18O7. The van der Waals surface area contributed by atoms with Crippen LogP contribution in [0.5, 0.6) is 0 Å². The van der Waals surface area contributed by atoms with Gasteiger partial charge in [0.15, 0.2) is 0 Å². The van der Waals surface area contributed by atoms with Crippen molar-refractivity contribution in [3.05, 3.63) is 0 Å². The minimum atomic E-state index is -1.77. The fourth-order valence-electron chi connectivity index (χ4n) is 1.03. The van der Waals surface area contributed by atoms with Crippen molar-refractivity contribution >= 4 is 0 Å². The molecule has 0 saturated carbocycles. The Morgan fingerprint density at radius 3 is 1.73 bits per heavy atom. The van der Waals surface area contributed by atoms with Crippen molar-refractivity contribution in [2.75, 3.05) is 20.3 Å². The second kappa shape index (κ2) is 7.07. The second-order valence-electron chi connectivity index (χ2n) is 3.24. The molecular weight excluding hydrogens is 208 g/mol. The highest BCUT2D eigenvalue weighted by molar-refractivity contribution is 4.84. The standard InChI is InChI=1S/C8H18O7/c1-15-3-5(11)7(13)8(14)6(12)4(10)2-9/h4-14H,2-3H2,1H3. The number of methoxy groups -OCH3 is 1. The highest BCUT2D eigenvalue weighted by Crippen LogP contribution is 2.08. The van der Waals surface area contributed by atoms with Gasteiger partial charge in [-0.2, -0.15) is 0 Å². The van der Waals surface area contributed by atoms with Crippen LogP contribution in [0.15, 0.2) is 0 Å². The molecule has 0 heterocycles. The van der Waals surface area contributed by atoms with E-state index in [0.29, 0.717) is 0 Å². The van der Waals surface area contributed by atoms with E-state index >= 15 is 0 Å². The summed E-state index contributed by atoms with van der Waals surface area (Å²) in [4.78, 5) is 0. The van der Waals surface area contributed by atoms with Crippen molar-refractivity contribution in [2.45, 2.75) is 30.5 Å². The lowest BCUT2D eigenvalue weighted by atomic mass is 10.00. The number of ether oxygens (including phenoxy) is 1. The van der Waals surface area contributed by atoms with Crippen LogP contribution in [0.1, 0.15) is 0 Å². The quantitative estimate of drug-likeness (QED) is 0.265. The molecule has 7 heteroatoms. The zero-order valence-corrected chi connectivity index (χ0v) is 8.39. The predicted octanol–water partition coefficient (Wildman–Crippen LogP) is -3.57. The van der Waals surface area contributed by atoms with Gasteiger partial charge in [0.1, 0.15) is 30.5 Å². The van der Waals surface area contributed by atoms with E-state index in [1.54, 1.807) is 0 Å². The Morgan fingerprint density at radius 1 is 0.867 bits per heavy atom. The average molecular weight is 226 g/mol. The van der Waals surface area contributed by atoms with Crippen molar-refractivity contribution in [2.24, 2.45) is 0 Å². The minimum absolute atomic E-state index is 0.222. The van der Waals surface area contributed by atoms with Gasteiger partial charge in [0, 0.05) is 7.11 Å². The number of hydrogen-bond donors (Lipinski definition) is 6. The normalized spacial score (nSPS) is 21.8. The average Bonchev–Trinajstić information content (AvgIpc) is 2.25. The molecule has 5 atom stereocenters. The molecule has 0 bridgehead atoms. The molecule has 0 aromatic carbocycles. The van der Waals surface area contributed by atoms with E-state index in [2.05, 4.69) is 4.74 Å². The summed E-state index contributed by atoms with van der Waals surface area (Å²) >= 11 is 0. The second-order valence-corrected chi connectivity index (χ2v) is 3.24. The largest absolute Gasteiger partial charge is 0.394 e. The fraction of sp³-hybridized carbons (Fsp3) is 1.00. The van der Waals surface area contributed by atoms with Gasteiger partial charge < -0.3 is 35.4 Å². The zero-order valence-electron chi connectivity index (χ0n) is 8.39. The number of rotatable bonds is 7. The van der Waals surface area contributed by atoms with Crippen LogP contribution in [0.4, 0.5) is 0 Å². The van der Waals surface area contributed by atoms with E-state index in [1.165, 1.54) is 7.11 Å². The maximum atomic E-state index is 9.30. The lowest BCUT2D eigenvalue weighted by Crippen LogP contribution is -2.50. The van der Waals surface area contributed by atoms with Crippen LogP contribution < -0.4 is 0 Å². The molecule has 5 unspecified atom stereocenters. The van der Waals surface area contributed by atoms with E-state index in [0.717, 1.165) is 0 Å². The third kappa shape index (κ3) is 4.39. The van der Waals surface area contributed by atoms with Crippen LogP contribution in [0.3, 0.4) is 0 Å². The summed E-state index contributed by atoms with van der Waals surface area (Å²) in [6.45, 7) is -0.981. The first-order valence-corrected chi connectivity index (χ1v) is 4.45. The third-order valence-corrected chi connectivity index (χ3v) is 2.01. The van der Waals surface area contributed by atoms with Gasteiger partial charge in [0.05, 0.1) is 13.2 Å². The molecule has 0 amide bonds. The molecule has 0 fully saturated rings. The van der Waals surface area contributed by atoms with Gasteiger partial charge in [-0.3, -0.25) is 0 Å². The molecule has 0 radical (unpaired) electrons. The Balaban J connectivity index is 4.22. The molecule has 0 aliphatic rings. The smallest absolute Gasteiger partial charge is 0.111 e. The summed E-state index contributed by atoms with van der Waals surface area (Å²) in [6.07, 6.45) is -8.13. The van der Waals surface area contributed by atoms with Crippen molar-refractivity contribution in [1.29, 1.82) is 0 Å². The molecule has 7 nitrogen and oxygen atoms in total. The molecule has 92 valence electrons. The number of aliphatic hydroxyl groups excluding tert-OH is 6. The SMILES string of the molecule is COCC(O)C(O)C(O)C(O)C(O)CO. The summed E-state index contributed by atoms with van der Waals surface area (Å²) in [5, 5.41) is 54.5. The van der Waals surface area contributed by atoms with E-state index in [4.69, 9.17) is 10.2 Å². The van der Waals surface area contributed by atoms with Crippen molar-refractivity contribution < 1.29 is 35.4 Å². The molecule has 0 aliphatic carbocycles. The molecule has 15 heavy (non-hydrogen) atoms. The monoisotopic (exact) mass is 226 g/mol. The summed E-state index contributed by atoms with van der Waals surface area (Å²) in [5.41, 5.74) is 0. The highest BCUT2D eigenvalue weighted by atomic mass is 16.5. The summed E-state index contributed by atoms with van der Waals surface area (Å²) in [6, 6.07) is 0. The molecule has 0 spiro atoms. The Bertz CT molecular complexity index is 165. The summed E-state index contributed by atoms with van der Waals surface area (Å²) < 4.78 is 4.53. The Morgan fingerprint density at radius 2 is 1.33 bits per heavy atom. The first-order chi connectivity index (χ1) is 6.95. The topological polar surface area (TPSA) is 131 Å². The van der Waals surface area contributed by atoms with Crippen molar-refractivity contribution in [3.8, 4) is 0 Å². The van der Waals surface area contributed by atoms with E-state index in [1.807, 2.05) is 0 Å². The van der Waals surface area contributed by atoms with Gasteiger partial charge in [0.25, 0.3) is 0 Å². The van der Waals surface area contributed by atoms with Gasteiger partial charge in [0.2, 0.25) is 0 Å². The van der Waals surface area contributed by atoms with Gasteiger partial charge in [-0.25, -0.2) is 0 Å². The van der Waals surface area contributed by atoms with Gasteiger partial charge in [-0.15, -0.1) is 0 Å². The van der Waals surface area contributed by atoms with Gasteiger partial charge in [-0.1, -0.05) is 0 Å². The zero-order chi connectivity index (χ0) is 12.0. The van der Waals surface area contributed by atoms with E-state index in [9.17, 15) is 20.4 Å². The first-order valence-electron chi connectivity index (χ1n) is 4.45. The van der Waals surface area contributed by atoms with Gasteiger partial charge >= 0.3 is 0 Å². The lowest BCUT2D eigenvalue weighted by molar-refractivity contribution is -0.147. The molecule has 0 aromatic heterocycles. The fourth-order valence-corrected chi connectivity index (χ4v) is 1.03. The molecule has 0 aliphatic heterocycles. The predicted molar refractivity (Wildman–Crippen MR) is 49.0 cm³/mol. The molecule has 6 N–H and O–H groups in total.